The van der Waals surface area contributed by atoms with Crippen LogP contribution < -0.4 is 4.74 Å². The summed E-state index contributed by atoms with van der Waals surface area (Å²) in [6, 6.07) is 18.4. The number of rotatable bonds is 5. The Kier molecular flexibility index (Phi) is 6.89. The third-order valence-corrected chi connectivity index (χ3v) is 7.15. The molecule has 31 heavy (non-hydrogen) atoms. The Hall–Kier alpha value is -2.03. The lowest BCUT2D eigenvalue weighted by atomic mass is 10.1. The normalized spacial score (nSPS) is 15.0. The Balaban J connectivity index is 1.53. The Morgan fingerprint density at radius 2 is 1.74 bits per heavy atom. The van der Waals surface area contributed by atoms with Crippen LogP contribution in [0.15, 0.2) is 59.5 Å². The SMILES string of the molecule is C#CCN1C(=O)S/C(=C/c2cc(I)c(OCc3ccc4ccccc4c3)c(I)c2)C1=O. The van der Waals surface area contributed by atoms with Crippen LogP contribution in [-0.4, -0.2) is 22.6 Å². The second-order valence-electron chi connectivity index (χ2n) is 6.76. The lowest BCUT2D eigenvalue weighted by Crippen LogP contribution is -2.28. The van der Waals surface area contributed by atoms with Crippen molar-refractivity contribution in [3.63, 3.8) is 0 Å². The number of benzene rings is 3. The highest BCUT2D eigenvalue weighted by Crippen LogP contribution is 2.35. The summed E-state index contributed by atoms with van der Waals surface area (Å²) in [5.74, 6) is 2.79. The van der Waals surface area contributed by atoms with Crippen LogP contribution in [0.5, 0.6) is 5.75 Å². The molecule has 0 N–H and O–H groups in total. The van der Waals surface area contributed by atoms with Gasteiger partial charge in [0.05, 0.1) is 18.6 Å². The fraction of sp³-hybridized carbons (Fsp3) is 0.0833. The van der Waals surface area contributed by atoms with Crippen molar-refractivity contribution in [1.82, 2.24) is 4.90 Å². The Morgan fingerprint density at radius 3 is 2.45 bits per heavy atom. The molecule has 1 aliphatic heterocycles. The van der Waals surface area contributed by atoms with Crippen molar-refractivity contribution in [2.75, 3.05) is 6.54 Å². The smallest absolute Gasteiger partial charge is 0.294 e. The van der Waals surface area contributed by atoms with Gasteiger partial charge in [-0.3, -0.25) is 14.5 Å². The van der Waals surface area contributed by atoms with Crippen molar-refractivity contribution in [3.05, 3.63) is 77.8 Å². The van der Waals surface area contributed by atoms with Gasteiger partial charge in [0, 0.05) is 0 Å². The van der Waals surface area contributed by atoms with E-state index in [0.29, 0.717) is 11.5 Å². The van der Waals surface area contributed by atoms with Gasteiger partial charge in [-0.15, -0.1) is 6.42 Å². The first kappa shape index (κ1) is 22.2. The molecule has 0 unspecified atom stereocenters. The number of imide groups is 1. The van der Waals surface area contributed by atoms with Crippen molar-refractivity contribution >= 4 is 84.9 Å². The highest BCUT2D eigenvalue weighted by molar-refractivity contribution is 14.1. The average Bonchev–Trinajstić information content (AvgIpc) is 3.00. The summed E-state index contributed by atoms with van der Waals surface area (Å²) in [6.07, 6.45) is 6.97. The maximum Gasteiger partial charge on any atom is 0.294 e. The zero-order chi connectivity index (χ0) is 22.0. The van der Waals surface area contributed by atoms with Crippen molar-refractivity contribution in [2.45, 2.75) is 6.61 Å². The lowest BCUT2D eigenvalue weighted by molar-refractivity contribution is -0.122. The van der Waals surface area contributed by atoms with Gasteiger partial charge in [-0.25, -0.2) is 0 Å². The molecule has 1 saturated heterocycles. The van der Waals surface area contributed by atoms with Gasteiger partial charge in [0.2, 0.25) is 0 Å². The standard InChI is InChI=1S/C24H15I2NO3S/c1-2-9-27-23(28)21(31-24(27)29)13-16-11-19(25)22(20(26)12-16)30-14-15-7-8-17-5-3-4-6-18(17)10-15/h1,3-8,10-13H,9,14H2/b21-13+. The van der Waals surface area contributed by atoms with Gasteiger partial charge < -0.3 is 4.74 Å². The van der Waals surface area contributed by atoms with Crippen molar-refractivity contribution < 1.29 is 14.3 Å². The van der Waals surface area contributed by atoms with E-state index in [9.17, 15) is 9.59 Å². The van der Waals surface area contributed by atoms with Crippen molar-refractivity contribution in [3.8, 4) is 18.1 Å². The van der Waals surface area contributed by atoms with Crippen LogP contribution in [0.2, 0.25) is 0 Å². The molecule has 0 radical (unpaired) electrons. The number of halogens is 2. The quantitative estimate of drug-likeness (QED) is 0.185. The topological polar surface area (TPSA) is 46.6 Å². The van der Waals surface area contributed by atoms with Crippen molar-refractivity contribution in [1.29, 1.82) is 0 Å². The number of fused-ring (bicyclic) bond motifs is 1. The molecule has 3 aromatic carbocycles. The molecule has 1 aliphatic rings. The van der Waals surface area contributed by atoms with E-state index in [1.165, 1.54) is 10.8 Å². The summed E-state index contributed by atoms with van der Waals surface area (Å²) in [4.78, 5) is 25.8. The number of thioether (sulfide) groups is 1. The lowest BCUT2D eigenvalue weighted by Gasteiger charge is -2.12. The molecular weight excluding hydrogens is 636 g/mol. The number of hydrogen-bond acceptors (Lipinski definition) is 4. The van der Waals surface area contributed by atoms with E-state index in [1.807, 2.05) is 24.3 Å². The van der Waals surface area contributed by atoms with Crippen LogP contribution >= 0.6 is 56.9 Å². The first-order chi connectivity index (χ1) is 15.0. The van der Waals surface area contributed by atoms with E-state index in [0.717, 1.165) is 40.7 Å². The van der Waals surface area contributed by atoms with Crippen LogP contribution in [0.4, 0.5) is 4.79 Å². The van der Waals surface area contributed by atoms with Crippen LogP contribution in [0, 0.1) is 19.5 Å². The molecule has 1 heterocycles. The van der Waals surface area contributed by atoms with Crippen LogP contribution in [-0.2, 0) is 11.4 Å². The monoisotopic (exact) mass is 651 g/mol. The van der Waals surface area contributed by atoms with E-state index in [-0.39, 0.29) is 17.7 Å². The van der Waals surface area contributed by atoms with E-state index >= 15 is 0 Å². The van der Waals surface area contributed by atoms with Gasteiger partial charge in [-0.05, 0) is 103 Å². The van der Waals surface area contributed by atoms with Gasteiger partial charge in [-0.1, -0.05) is 42.3 Å². The zero-order valence-corrected chi connectivity index (χ0v) is 21.2. The first-order valence-corrected chi connectivity index (χ1v) is 12.2. The minimum atomic E-state index is -0.352. The molecule has 3 aromatic rings. The molecule has 0 aliphatic carbocycles. The molecule has 4 nitrogen and oxygen atoms in total. The summed E-state index contributed by atoms with van der Waals surface area (Å²) in [5, 5.41) is 2.04. The van der Waals surface area contributed by atoms with Crippen LogP contribution in [0.25, 0.3) is 16.8 Å². The van der Waals surface area contributed by atoms with E-state index < -0.39 is 0 Å². The highest BCUT2D eigenvalue weighted by atomic mass is 127. The van der Waals surface area contributed by atoms with E-state index in [1.54, 1.807) is 6.08 Å². The third kappa shape index (κ3) is 4.91. The molecule has 0 saturated carbocycles. The first-order valence-electron chi connectivity index (χ1n) is 9.24. The van der Waals surface area contributed by atoms with Gasteiger partial charge in [0.15, 0.2) is 0 Å². The summed E-state index contributed by atoms with van der Waals surface area (Å²) in [6.45, 7) is 0.444. The molecule has 0 atom stereocenters. The second kappa shape index (κ2) is 9.63. The van der Waals surface area contributed by atoms with Gasteiger partial charge >= 0.3 is 0 Å². The molecule has 4 rings (SSSR count). The Bertz CT molecular complexity index is 1260. The number of nitrogens with zero attached hydrogens (tertiary/aromatic N) is 1. The second-order valence-corrected chi connectivity index (χ2v) is 10.1. The van der Waals surface area contributed by atoms with Gasteiger partial charge in [0.25, 0.3) is 11.1 Å². The molecule has 1 fully saturated rings. The summed E-state index contributed by atoms with van der Waals surface area (Å²) >= 11 is 5.36. The van der Waals surface area contributed by atoms with Crippen molar-refractivity contribution in [2.24, 2.45) is 0 Å². The predicted molar refractivity (Wildman–Crippen MR) is 142 cm³/mol. The van der Waals surface area contributed by atoms with E-state index in [4.69, 9.17) is 11.2 Å². The summed E-state index contributed by atoms with van der Waals surface area (Å²) < 4.78 is 7.98. The van der Waals surface area contributed by atoms with Gasteiger partial charge in [0.1, 0.15) is 12.4 Å². The molecular formula is C24H15I2NO3S. The number of amides is 2. The molecule has 0 aromatic heterocycles. The number of terminal acetylenes is 1. The average molecular weight is 651 g/mol. The molecule has 7 heteroatoms. The zero-order valence-electron chi connectivity index (χ0n) is 16.1. The number of carbonyl (C=O) groups excluding carboxylic acids is 2. The van der Waals surface area contributed by atoms with E-state index in [2.05, 4.69) is 81.4 Å². The Morgan fingerprint density at radius 1 is 1.03 bits per heavy atom. The maximum absolute atomic E-state index is 12.4. The third-order valence-electron chi connectivity index (χ3n) is 4.64. The summed E-state index contributed by atoms with van der Waals surface area (Å²) in [7, 11) is 0. The molecule has 0 bridgehead atoms. The Labute approximate surface area is 211 Å². The number of carbonyl (C=O) groups is 2. The van der Waals surface area contributed by atoms with Crippen LogP contribution in [0.3, 0.4) is 0 Å². The van der Waals surface area contributed by atoms with Gasteiger partial charge in [-0.2, -0.15) is 0 Å². The molecule has 0 spiro atoms. The largest absolute Gasteiger partial charge is 0.487 e. The summed E-state index contributed by atoms with van der Waals surface area (Å²) in [5.41, 5.74) is 1.93. The fourth-order valence-corrected chi connectivity index (χ4v) is 6.13. The molecule has 154 valence electrons. The molecule has 2 amide bonds. The maximum atomic E-state index is 12.4. The minimum absolute atomic E-state index is 0.0153. The minimum Gasteiger partial charge on any atom is -0.487 e. The number of hydrogen-bond donors (Lipinski definition) is 0. The highest BCUT2D eigenvalue weighted by Gasteiger charge is 2.34. The predicted octanol–water partition coefficient (Wildman–Crippen LogP) is 6.30. The van der Waals surface area contributed by atoms with Crippen LogP contribution in [0.1, 0.15) is 11.1 Å². The fourth-order valence-electron chi connectivity index (χ4n) is 3.16. The number of ether oxygens (including phenoxy) is 1.